The molecule has 0 unspecified atom stereocenters. The van der Waals surface area contributed by atoms with Gasteiger partial charge in [0.25, 0.3) is 11.8 Å². The lowest BCUT2D eigenvalue weighted by Gasteiger charge is -2.34. The Balaban J connectivity index is 1.48. The second-order valence-corrected chi connectivity index (χ2v) is 5.98. The first kappa shape index (κ1) is 16.7. The summed E-state index contributed by atoms with van der Waals surface area (Å²) >= 11 is 0. The lowest BCUT2D eigenvalue weighted by molar-refractivity contribution is 0.0745. The smallest absolute Gasteiger partial charge is 0.266 e. The minimum absolute atomic E-state index is 0.153. The third kappa shape index (κ3) is 3.20. The molecule has 136 valence electrons. The highest BCUT2D eigenvalue weighted by Gasteiger charge is 2.27. The third-order valence-corrected chi connectivity index (χ3v) is 4.33. The largest absolute Gasteiger partial charge is 0.459 e. The maximum absolute atomic E-state index is 12.5. The Bertz CT molecular complexity index is 1030. The Kier molecular flexibility index (Phi) is 4.22. The lowest BCUT2D eigenvalue weighted by atomic mass is 10.2. The molecule has 27 heavy (non-hydrogen) atoms. The molecule has 1 aliphatic heterocycles. The molecule has 4 rings (SSSR count). The van der Waals surface area contributed by atoms with E-state index in [9.17, 15) is 14.9 Å². The molecule has 1 aliphatic rings. The zero-order valence-electron chi connectivity index (χ0n) is 14.2. The van der Waals surface area contributed by atoms with E-state index in [0.29, 0.717) is 43.4 Å². The van der Waals surface area contributed by atoms with Crippen LogP contribution in [0.4, 0.5) is 5.88 Å². The van der Waals surface area contributed by atoms with Crippen molar-refractivity contribution in [1.82, 2.24) is 14.9 Å². The predicted molar refractivity (Wildman–Crippen MR) is 94.1 cm³/mol. The number of oxazole rings is 1. The number of anilines is 1. The molecule has 9 nitrogen and oxygen atoms in total. The summed E-state index contributed by atoms with van der Waals surface area (Å²) in [7, 11) is 0. The SMILES string of the molecule is N#Cc1nc(-c2ccco2)oc1N1CCN(C(=O)c2ccc(=O)[nH]c2)CC1. The van der Waals surface area contributed by atoms with E-state index < -0.39 is 0 Å². The van der Waals surface area contributed by atoms with E-state index in [0.717, 1.165) is 0 Å². The van der Waals surface area contributed by atoms with Gasteiger partial charge in [-0.25, -0.2) is 0 Å². The van der Waals surface area contributed by atoms with Crippen LogP contribution in [0.25, 0.3) is 11.7 Å². The third-order valence-electron chi connectivity index (χ3n) is 4.33. The summed E-state index contributed by atoms with van der Waals surface area (Å²) in [5, 5.41) is 9.35. The van der Waals surface area contributed by atoms with Crippen molar-refractivity contribution < 1.29 is 13.6 Å². The number of aromatic nitrogens is 2. The number of hydrogen-bond acceptors (Lipinski definition) is 7. The summed E-state index contributed by atoms with van der Waals surface area (Å²) in [4.78, 5) is 33.9. The number of pyridine rings is 1. The van der Waals surface area contributed by atoms with Crippen molar-refractivity contribution in [2.24, 2.45) is 0 Å². The summed E-state index contributed by atoms with van der Waals surface area (Å²) < 4.78 is 11.0. The van der Waals surface area contributed by atoms with Gasteiger partial charge in [0.2, 0.25) is 17.1 Å². The van der Waals surface area contributed by atoms with Crippen LogP contribution in [0.2, 0.25) is 0 Å². The minimum Gasteiger partial charge on any atom is -0.459 e. The van der Waals surface area contributed by atoms with Crippen LogP contribution in [-0.2, 0) is 0 Å². The van der Waals surface area contributed by atoms with Crippen LogP contribution in [0, 0.1) is 11.3 Å². The first-order valence-electron chi connectivity index (χ1n) is 8.33. The van der Waals surface area contributed by atoms with Crippen LogP contribution in [-0.4, -0.2) is 47.0 Å². The zero-order chi connectivity index (χ0) is 18.8. The van der Waals surface area contributed by atoms with E-state index in [1.54, 1.807) is 17.0 Å². The van der Waals surface area contributed by atoms with E-state index in [1.807, 2.05) is 11.0 Å². The van der Waals surface area contributed by atoms with Crippen molar-refractivity contribution >= 4 is 11.8 Å². The fourth-order valence-electron chi connectivity index (χ4n) is 2.94. The summed E-state index contributed by atoms with van der Waals surface area (Å²) in [5.41, 5.74) is 0.362. The molecule has 0 atom stereocenters. The first-order valence-corrected chi connectivity index (χ1v) is 8.33. The van der Waals surface area contributed by atoms with Crippen molar-refractivity contribution in [2.75, 3.05) is 31.1 Å². The second kappa shape index (κ2) is 6.84. The van der Waals surface area contributed by atoms with E-state index in [-0.39, 0.29) is 23.1 Å². The minimum atomic E-state index is -0.252. The molecule has 0 saturated carbocycles. The topological polar surface area (TPSA) is 119 Å². The summed E-state index contributed by atoms with van der Waals surface area (Å²) in [6.45, 7) is 1.91. The van der Waals surface area contributed by atoms with Gasteiger partial charge < -0.3 is 23.6 Å². The van der Waals surface area contributed by atoms with Crippen molar-refractivity contribution in [3.63, 3.8) is 0 Å². The van der Waals surface area contributed by atoms with Crippen LogP contribution < -0.4 is 10.5 Å². The fourth-order valence-corrected chi connectivity index (χ4v) is 2.94. The number of carbonyl (C=O) groups is 1. The van der Waals surface area contributed by atoms with Crippen molar-refractivity contribution in [2.45, 2.75) is 0 Å². The molecule has 3 aromatic rings. The first-order chi connectivity index (χ1) is 13.2. The zero-order valence-corrected chi connectivity index (χ0v) is 14.2. The lowest BCUT2D eigenvalue weighted by Crippen LogP contribution is -2.49. The van der Waals surface area contributed by atoms with Crippen molar-refractivity contribution in [1.29, 1.82) is 5.26 Å². The molecule has 3 aromatic heterocycles. The molecule has 0 bridgehead atoms. The van der Waals surface area contributed by atoms with Crippen LogP contribution in [0.15, 0.2) is 50.4 Å². The number of carbonyl (C=O) groups excluding carboxylic acids is 1. The molecule has 0 aliphatic carbocycles. The number of nitrogens with zero attached hydrogens (tertiary/aromatic N) is 4. The standard InChI is InChI=1S/C18H15N5O4/c19-10-13-18(27-16(21-13)14-2-1-9-26-14)23-7-5-22(6-8-23)17(25)12-3-4-15(24)20-11-12/h1-4,9,11H,5-8H2,(H,20,24). The Morgan fingerprint density at radius 1 is 1.22 bits per heavy atom. The van der Waals surface area contributed by atoms with Crippen LogP contribution in [0.3, 0.4) is 0 Å². The number of furan rings is 1. The van der Waals surface area contributed by atoms with Crippen LogP contribution in [0.5, 0.6) is 0 Å². The summed E-state index contributed by atoms with van der Waals surface area (Å²) in [6.07, 6.45) is 2.92. The molecular formula is C18H15N5O4. The molecule has 1 amide bonds. The van der Waals surface area contributed by atoms with Gasteiger partial charge >= 0.3 is 0 Å². The maximum atomic E-state index is 12.5. The van der Waals surface area contributed by atoms with Crippen molar-refractivity contribution in [3.05, 3.63) is 58.3 Å². The van der Waals surface area contributed by atoms with Gasteiger partial charge in [0, 0.05) is 38.4 Å². The van der Waals surface area contributed by atoms with Crippen molar-refractivity contribution in [3.8, 4) is 17.7 Å². The molecule has 1 fully saturated rings. The predicted octanol–water partition coefficient (Wildman–Crippen LogP) is 1.46. The summed E-state index contributed by atoms with van der Waals surface area (Å²) in [5.74, 6) is 0.920. The molecule has 4 heterocycles. The molecule has 0 aromatic carbocycles. The van der Waals surface area contributed by atoms with E-state index >= 15 is 0 Å². The monoisotopic (exact) mass is 365 g/mol. The normalized spacial score (nSPS) is 14.2. The summed E-state index contributed by atoms with van der Waals surface area (Å²) in [6, 6.07) is 8.29. The average Bonchev–Trinajstić information content (AvgIpc) is 3.37. The number of H-pyrrole nitrogens is 1. The highest BCUT2D eigenvalue weighted by Crippen LogP contribution is 2.29. The highest BCUT2D eigenvalue weighted by molar-refractivity contribution is 5.94. The molecule has 1 N–H and O–H groups in total. The van der Waals surface area contributed by atoms with Gasteiger partial charge in [-0.1, -0.05) is 0 Å². The second-order valence-electron chi connectivity index (χ2n) is 5.98. The van der Waals surface area contributed by atoms with Gasteiger partial charge in [-0.15, -0.1) is 0 Å². The highest BCUT2D eigenvalue weighted by atomic mass is 16.4. The Labute approximate surface area is 153 Å². The number of amides is 1. The number of piperazine rings is 1. The van der Waals surface area contributed by atoms with Gasteiger partial charge in [-0.2, -0.15) is 10.2 Å². The Morgan fingerprint density at radius 2 is 2.04 bits per heavy atom. The van der Waals surface area contributed by atoms with Crippen LogP contribution >= 0.6 is 0 Å². The maximum Gasteiger partial charge on any atom is 0.266 e. The van der Waals surface area contributed by atoms with Gasteiger partial charge in [0.05, 0.1) is 11.8 Å². The number of aromatic amines is 1. The Morgan fingerprint density at radius 3 is 2.67 bits per heavy atom. The molecule has 1 saturated heterocycles. The van der Waals surface area contributed by atoms with E-state index in [4.69, 9.17) is 8.83 Å². The number of nitriles is 1. The van der Waals surface area contributed by atoms with Gasteiger partial charge in [0.15, 0.2) is 5.76 Å². The molecule has 0 radical (unpaired) electrons. The van der Waals surface area contributed by atoms with Gasteiger partial charge in [-0.3, -0.25) is 9.59 Å². The van der Waals surface area contributed by atoms with Gasteiger partial charge in [-0.05, 0) is 18.2 Å². The van der Waals surface area contributed by atoms with Gasteiger partial charge in [0.1, 0.15) is 6.07 Å². The van der Waals surface area contributed by atoms with E-state index in [2.05, 4.69) is 9.97 Å². The Hall–Kier alpha value is -3.80. The number of hydrogen-bond donors (Lipinski definition) is 1. The molecule has 0 spiro atoms. The number of nitrogens with one attached hydrogen (secondary N) is 1. The van der Waals surface area contributed by atoms with E-state index in [1.165, 1.54) is 24.6 Å². The quantitative estimate of drug-likeness (QED) is 0.746. The average molecular weight is 365 g/mol. The number of rotatable bonds is 3. The van der Waals surface area contributed by atoms with Crippen LogP contribution in [0.1, 0.15) is 16.1 Å². The molecular weight excluding hydrogens is 350 g/mol. The molecule has 9 heteroatoms. The fraction of sp³-hybridized carbons (Fsp3) is 0.222.